The summed E-state index contributed by atoms with van der Waals surface area (Å²) in [5, 5.41) is 0. The minimum Gasteiger partial charge on any atom is -0.467 e. The molecule has 96 valence electrons. The Kier molecular flexibility index (Phi) is 2.33. The van der Waals surface area contributed by atoms with Crippen molar-refractivity contribution in [3.05, 3.63) is 12.2 Å². The maximum absolute atomic E-state index is 12.3. The Morgan fingerprint density at radius 3 is 2.22 bits per heavy atom. The molecule has 3 rings (SSSR count). The number of esters is 1. The highest BCUT2D eigenvalue weighted by Crippen LogP contribution is 2.52. The molecule has 0 spiro atoms. The molecule has 0 aromatic rings. The molecule has 0 aromatic heterocycles. The SMILES string of the molecule is COC(=O)[C@H](C)N1C(=O)[C@H]2[C@H](C1=O)[C@H]1C=C[C@H]2C1. The van der Waals surface area contributed by atoms with Gasteiger partial charge in [-0.25, -0.2) is 4.79 Å². The highest BCUT2D eigenvalue weighted by atomic mass is 16.5. The normalized spacial score (nSPS) is 38.2. The first-order chi connectivity index (χ1) is 8.56. The first-order valence-electron chi connectivity index (χ1n) is 6.19. The van der Waals surface area contributed by atoms with Crippen molar-refractivity contribution in [1.82, 2.24) is 4.90 Å². The number of likely N-dealkylation sites (tertiary alicyclic amines) is 1. The van der Waals surface area contributed by atoms with Gasteiger partial charge in [-0.15, -0.1) is 0 Å². The number of methoxy groups -OCH3 is 1. The molecule has 0 unspecified atom stereocenters. The molecule has 1 aliphatic heterocycles. The largest absolute Gasteiger partial charge is 0.467 e. The summed E-state index contributed by atoms with van der Waals surface area (Å²) >= 11 is 0. The Labute approximate surface area is 105 Å². The van der Waals surface area contributed by atoms with Gasteiger partial charge in [0.1, 0.15) is 6.04 Å². The van der Waals surface area contributed by atoms with E-state index in [1.165, 1.54) is 14.0 Å². The van der Waals surface area contributed by atoms with Crippen LogP contribution in [0.4, 0.5) is 0 Å². The van der Waals surface area contributed by atoms with Gasteiger partial charge in [-0.3, -0.25) is 14.5 Å². The van der Waals surface area contributed by atoms with Gasteiger partial charge in [-0.2, -0.15) is 0 Å². The summed E-state index contributed by atoms with van der Waals surface area (Å²) in [6.07, 6.45) is 4.96. The molecule has 0 N–H and O–H groups in total. The molecule has 2 bridgehead atoms. The third-order valence-corrected chi connectivity index (χ3v) is 4.43. The molecular weight excluding hydrogens is 234 g/mol. The highest BCUT2D eigenvalue weighted by molar-refractivity contribution is 6.08. The number of fused-ring (bicyclic) bond motifs is 5. The van der Waals surface area contributed by atoms with Crippen molar-refractivity contribution < 1.29 is 19.1 Å². The average molecular weight is 249 g/mol. The van der Waals surface area contributed by atoms with Crippen LogP contribution >= 0.6 is 0 Å². The standard InChI is InChI=1S/C13H15NO4/c1-6(13(17)18-2)14-11(15)9-7-3-4-8(5-7)10(9)12(14)16/h3-4,6-10H,5H2,1-2H3/t6-,7-,8-,9+,10+/m0/s1. The van der Waals surface area contributed by atoms with Gasteiger partial charge in [-0.05, 0) is 25.2 Å². The summed E-state index contributed by atoms with van der Waals surface area (Å²) in [6.45, 7) is 1.54. The van der Waals surface area contributed by atoms with Crippen LogP contribution in [0.3, 0.4) is 0 Å². The predicted molar refractivity (Wildman–Crippen MR) is 61.0 cm³/mol. The summed E-state index contributed by atoms with van der Waals surface area (Å²) in [6, 6.07) is -0.819. The molecule has 0 radical (unpaired) electrons. The van der Waals surface area contributed by atoms with Gasteiger partial charge in [0.05, 0.1) is 18.9 Å². The van der Waals surface area contributed by atoms with E-state index >= 15 is 0 Å². The molecule has 2 fully saturated rings. The first kappa shape index (κ1) is 11.4. The van der Waals surface area contributed by atoms with Crippen molar-refractivity contribution in [2.24, 2.45) is 23.7 Å². The number of amides is 2. The summed E-state index contributed by atoms with van der Waals surface area (Å²) in [4.78, 5) is 37.2. The summed E-state index contributed by atoms with van der Waals surface area (Å²) in [5.41, 5.74) is 0. The Morgan fingerprint density at radius 1 is 1.28 bits per heavy atom. The second-order valence-electron chi connectivity index (χ2n) is 5.25. The van der Waals surface area contributed by atoms with E-state index in [1.807, 2.05) is 12.2 Å². The van der Waals surface area contributed by atoms with Crippen LogP contribution in [0.2, 0.25) is 0 Å². The van der Waals surface area contributed by atoms with Crippen LogP contribution in [0.5, 0.6) is 0 Å². The number of carbonyl (C=O) groups excluding carboxylic acids is 3. The number of rotatable bonds is 2. The van der Waals surface area contributed by atoms with Crippen LogP contribution in [0.25, 0.3) is 0 Å². The smallest absolute Gasteiger partial charge is 0.328 e. The van der Waals surface area contributed by atoms with Gasteiger partial charge in [0, 0.05) is 0 Å². The summed E-state index contributed by atoms with van der Waals surface area (Å²) < 4.78 is 4.61. The topological polar surface area (TPSA) is 63.7 Å². The van der Waals surface area contributed by atoms with Gasteiger partial charge in [-0.1, -0.05) is 12.2 Å². The van der Waals surface area contributed by atoms with Crippen LogP contribution in [0.15, 0.2) is 12.2 Å². The Morgan fingerprint density at radius 2 is 1.78 bits per heavy atom. The summed E-state index contributed by atoms with van der Waals surface area (Å²) in [5.74, 6) is -1.12. The minimum absolute atomic E-state index is 0.172. The van der Waals surface area contributed by atoms with Crippen molar-refractivity contribution in [3.8, 4) is 0 Å². The van der Waals surface area contributed by atoms with Crippen LogP contribution in [0.1, 0.15) is 13.3 Å². The van der Waals surface area contributed by atoms with Crippen molar-refractivity contribution >= 4 is 17.8 Å². The second kappa shape index (κ2) is 3.67. The van der Waals surface area contributed by atoms with E-state index in [1.54, 1.807) is 0 Å². The maximum Gasteiger partial charge on any atom is 0.328 e. The molecule has 1 saturated carbocycles. The van der Waals surface area contributed by atoms with E-state index in [9.17, 15) is 14.4 Å². The van der Waals surface area contributed by atoms with E-state index in [0.717, 1.165) is 11.3 Å². The van der Waals surface area contributed by atoms with Gasteiger partial charge < -0.3 is 4.74 Å². The van der Waals surface area contributed by atoms with Gasteiger partial charge >= 0.3 is 5.97 Å². The van der Waals surface area contributed by atoms with Gasteiger partial charge in [0.2, 0.25) is 11.8 Å². The lowest BCUT2D eigenvalue weighted by Gasteiger charge is -2.22. The zero-order chi connectivity index (χ0) is 13.0. The van der Waals surface area contributed by atoms with Gasteiger partial charge in [0.25, 0.3) is 0 Å². The Balaban J connectivity index is 1.90. The van der Waals surface area contributed by atoms with Crippen LogP contribution in [-0.2, 0) is 19.1 Å². The zero-order valence-electron chi connectivity index (χ0n) is 10.3. The summed E-state index contributed by atoms with van der Waals surface area (Å²) in [7, 11) is 1.26. The molecular formula is C13H15NO4. The fraction of sp³-hybridized carbons (Fsp3) is 0.615. The number of ether oxygens (including phenoxy) is 1. The molecule has 5 heteroatoms. The molecule has 3 aliphatic rings. The molecule has 2 amide bonds. The average Bonchev–Trinajstić information content (AvgIpc) is 3.02. The van der Waals surface area contributed by atoms with E-state index < -0.39 is 12.0 Å². The Bertz CT molecular complexity index is 440. The number of nitrogens with zero attached hydrogens (tertiary/aromatic N) is 1. The number of hydrogen-bond acceptors (Lipinski definition) is 4. The molecule has 18 heavy (non-hydrogen) atoms. The van der Waals surface area contributed by atoms with Crippen molar-refractivity contribution in [3.63, 3.8) is 0 Å². The lowest BCUT2D eigenvalue weighted by Crippen LogP contribution is -2.45. The maximum atomic E-state index is 12.3. The van der Waals surface area contributed by atoms with E-state index in [2.05, 4.69) is 4.74 Å². The van der Waals surface area contributed by atoms with Crippen molar-refractivity contribution in [2.45, 2.75) is 19.4 Å². The number of allylic oxidation sites excluding steroid dienone is 2. The van der Waals surface area contributed by atoms with E-state index in [0.29, 0.717) is 0 Å². The molecule has 1 heterocycles. The van der Waals surface area contributed by atoms with Crippen molar-refractivity contribution in [2.75, 3.05) is 7.11 Å². The van der Waals surface area contributed by atoms with Crippen LogP contribution in [-0.4, -0.2) is 35.8 Å². The third-order valence-electron chi connectivity index (χ3n) is 4.43. The molecule has 2 aliphatic carbocycles. The van der Waals surface area contributed by atoms with E-state index in [-0.39, 0.29) is 35.5 Å². The van der Waals surface area contributed by atoms with Crippen LogP contribution < -0.4 is 0 Å². The molecule has 5 atom stereocenters. The third kappa shape index (κ3) is 1.24. The fourth-order valence-corrected chi connectivity index (χ4v) is 3.58. The van der Waals surface area contributed by atoms with Crippen LogP contribution in [0, 0.1) is 23.7 Å². The van der Waals surface area contributed by atoms with Crippen molar-refractivity contribution in [1.29, 1.82) is 0 Å². The van der Waals surface area contributed by atoms with Gasteiger partial charge in [0.15, 0.2) is 0 Å². The zero-order valence-corrected chi connectivity index (χ0v) is 10.3. The predicted octanol–water partition coefficient (Wildman–Crippen LogP) is 0.355. The fourth-order valence-electron chi connectivity index (χ4n) is 3.58. The first-order valence-corrected chi connectivity index (χ1v) is 6.19. The molecule has 1 saturated heterocycles. The van der Waals surface area contributed by atoms with E-state index in [4.69, 9.17) is 0 Å². The molecule has 5 nitrogen and oxygen atoms in total. The lowest BCUT2D eigenvalue weighted by molar-refractivity contribution is -0.156. The monoisotopic (exact) mass is 249 g/mol. The second-order valence-corrected chi connectivity index (χ2v) is 5.25. The quantitative estimate of drug-likeness (QED) is 0.402. The highest BCUT2D eigenvalue weighted by Gasteiger charge is 2.60. The number of imide groups is 1. The Hall–Kier alpha value is -1.65. The number of carbonyl (C=O) groups is 3. The minimum atomic E-state index is -0.819. The number of hydrogen-bond donors (Lipinski definition) is 0. The molecule has 0 aromatic carbocycles. The lowest BCUT2D eigenvalue weighted by atomic mass is 9.85.